The molecule has 4 heteroatoms. The Hall–Kier alpha value is -1.39. The summed E-state index contributed by atoms with van der Waals surface area (Å²) in [5.74, 6) is 0.128. The fourth-order valence-corrected chi connectivity index (χ4v) is 3.76. The summed E-state index contributed by atoms with van der Waals surface area (Å²) < 4.78 is 5.72. The highest BCUT2D eigenvalue weighted by Crippen LogP contribution is 2.29. The van der Waals surface area contributed by atoms with Crippen LogP contribution in [-0.2, 0) is 16.0 Å². The number of amides is 1. The van der Waals surface area contributed by atoms with Crippen molar-refractivity contribution in [3.63, 3.8) is 0 Å². The van der Waals surface area contributed by atoms with E-state index >= 15 is 0 Å². The lowest BCUT2D eigenvalue weighted by Gasteiger charge is -2.35. The minimum absolute atomic E-state index is 0.128. The molecule has 0 saturated carbocycles. The monoisotopic (exact) mass is 302 g/mol. The summed E-state index contributed by atoms with van der Waals surface area (Å²) in [6.07, 6.45) is 3.71. The van der Waals surface area contributed by atoms with E-state index in [1.807, 2.05) is 0 Å². The number of nitrogens with one attached hydrogen (secondary N) is 1. The molecule has 2 aliphatic rings. The second kappa shape index (κ2) is 6.80. The third-order valence-corrected chi connectivity index (χ3v) is 4.57. The van der Waals surface area contributed by atoms with Crippen molar-refractivity contribution in [2.75, 3.05) is 19.6 Å². The third kappa shape index (κ3) is 3.68. The van der Waals surface area contributed by atoms with Crippen molar-refractivity contribution >= 4 is 5.91 Å². The van der Waals surface area contributed by atoms with Gasteiger partial charge in [0.1, 0.15) is 0 Å². The molecule has 1 aromatic rings. The molecule has 1 saturated heterocycles. The van der Waals surface area contributed by atoms with Gasteiger partial charge in [0.2, 0.25) is 5.91 Å². The Morgan fingerprint density at radius 1 is 1.27 bits per heavy atom. The number of carbonyl (C=O) groups is 1. The van der Waals surface area contributed by atoms with E-state index in [4.69, 9.17) is 4.74 Å². The quantitative estimate of drug-likeness (QED) is 0.931. The Morgan fingerprint density at radius 3 is 2.77 bits per heavy atom. The van der Waals surface area contributed by atoms with Crippen LogP contribution >= 0.6 is 0 Å². The van der Waals surface area contributed by atoms with Crippen molar-refractivity contribution in [1.82, 2.24) is 10.2 Å². The van der Waals surface area contributed by atoms with Crippen molar-refractivity contribution in [2.24, 2.45) is 0 Å². The summed E-state index contributed by atoms with van der Waals surface area (Å²) in [4.78, 5) is 14.6. The molecule has 1 aliphatic heterocycles. The summed E-state index contributed by atoms with van der Waals surface area (Å²) in [5.41, 5.74) is 2.68. The lowest BCUT2D eigenvalue weighted by atomic mass is 9.88. The highest BCUT2D eigenvalue weighted by Gasteiger charge is 2.26. The van der Waals surface area contributed by atoms with Gasteiger partial charge < -0.3 is 10.1 Å². The van der Waals surface area contributed by atoms with Gasteiger partial charge >= 0.3 is 0 Å². The van der Waals surface area contributed by atoms with Gasteiger partial charge in [-0.25, -0.2) is 0 Å². The first kappa shape index (κ1) is 15.5. The van der Waals surface area contributed by atoms with Gasteiger partial charge in [0.15, 0.2) is 0 Å². The molecule has 22 heavy (non-hydrogen) atoms. The molecule has 1 heterocycles. The molecule has 1 fully saturated rings. The summed E-state index contributed by atoms with van der Waals surface area (Å²) in [6, 6.07) is 8.65. The zero-order chi connectivity index (χ0) is 15.5. The van der Waals surface area contributed by atoms with Crippen LogP contribution in [0.4, 0.5) is 0 Å². The molecular formula is C18H26N2O2. The van der Waals surface area contributed by atoms with E-state index in [-0.39, 0.29) is 24.2 Å². The van der Waals surface area contributed by atoms with E-state index in [9.17, 15) is 4.79 Å². The molecule has 1 N–H and O–H groups in total. The molecule has 3 atom stereocenters. The number of hydrogen-bond acceptors (Lipinski definition) is 3. The first-order valence-electron chi connectivity index (χ1n) is 8.37. The summed E-state index contributed by atoms with van der Waals surface area (Å²) in [5, 5.41) is 3.23. The van der Waals surface area contributed by atoms with E-state index in [0.29, 0.717) is 6.54 Å². The molecule has 0 bridgehead atoms. The van der Waals surface area contributed by atoms with E-state index in [1.165, 1.54) is 11.1 Å². The number of aryl methyl sites for hydroxylation is 1. The molecule has 4 nitrogen and oxygen atoms in total. The Morgan fingerprint density at radius 2 is 2.00 bits per heavy atom. The van der Waals surface area contributed by atoms with Crippen molar-refractivity contribution in [2.45, 2.75) is 51.4 Å². The molecule has 0 spiro atoms. The molecule has 120 valence electrons. The van der Waals surface area contributed by atoms with Crippen LogP contribution in [-0.4, -0.2) is 42.6 Å². The van der Waals surface area contributed by atoms with Crippen LogP contribution in [0.15, 0.2) is 24.3 Å². The molecule has 0 aromatic heterocycles. The topological polar surface area (TPSA) is 41.6 Å². The summed E-state index contributed by atoms with van der Waals surface area (Å²) in [6.45, 7) is 6.27. The highest BCUT2D eigenvalue weighted by atomic mass is 16.5. The number of nitrogens with zero attached hydrogens (tertiary/aromatic N) is 1. The van der Waals surface area contributed by atoms with Crippen LogP contribution in [0, 0.1) is 0 Å². The van der Waals surface area contributed by atoms with Crippen LogP contribution in [0.5, 0.6) is 0 Å². The third-order valence-electron chi connectivity index (χ3n) is 4.57. The van der Waals surface area contributed by atoms with Gasteiger partial charge in [-0.2, -0.15) is 0 Å². The van der Waals surface area contributed by atoms with Crippen LogP contribution in [0.25, 0.3) is 0 Å². The fraction of sp³-hybridized carbons (Fsp3) is 0.611. The first-order chi connectivity index (χ1) is 10.6. The van der Waals surface area contributed by atoms with E-state index < -0.39 is 0 Å². The predicted molar refractivity (Wildman–Crippen MR) is 86.7 cm³/mol. The van der Waals surface area contributed by atoms with Gasteiger partial charge in [-0.1, -0.05) is 24.3 Å². The second-order valence-electron chi connectivity index (χ2n) is 6.66. The van der Waals surface area contributed by atoms with Crippen LogP contribution in [0.3, 0.4) is 0 Å². The number of rotatable bonds is 3. The van der Waals surface area contributed by atoms with Crippen molar-refractivity contribution in [3.05, 3.63) is 35.4 Å². The zero-order valence-electron chi connectivity index (χ0n) is 13.5. The predicted octanol–water partition coefficient (Wildman–Crippen LogP) is 2.29. The number of benzene rings is 1. The van der Waals surface area contributed by atoms with Gasteiger partial charge in [-0.05, 0) is 44.2 Å². The van der Waals surface area contributed by atoms with Gasteiger partial charge in [0.05, 0.1) is 24.8 Å². The van der Waals surface area contributed by atoms with E-state index in [2.05, 4.69) is 48.3 Å². The van der Waals surface area contributed by atoms with Crippen LogP contribution < -0.4 is 5.32 Å². The zero-order valence-corrected chi connectivity index (χ0v) is 13.5. The maximum Gasteiger partial charge on any atom is 0.234 e. The molecule has 0 unspecified atom stereocenters. The second-order valence-corrected chi connectivity index (χ2v) is 6.66. The summed E-state index contributed by atoms with van der Waals surface area (Å²) in [7, 11) is 0. The molecule has 3 rings (SSSR count). The SMILES string of the molecule is C[C@H]1CN(CC(=O)N[C@@H]2CCCc3ccccc32)C[C@H](C)O1. The number of carbonyl (C=O) groups excluding carboxylic acids is 1. The van der Waals surface area contributed by atoms with Crippen LogP contribution in [0.2, 0.25) is 0 Å². The maximum atomic E-state index is 12.4. The van der Waals surface area contributed by atoms with E-state index in [0.717, 1.165) is 32.4 Å². The van der Waals surface area contributed by atoms with Crippen molar-refractivity contribution in [3.8, 4) is 0 Å². The molecule has 0 radical (unpaired) electrons. The lowest BCUT2D eigenvalue weighted by Crippen LogP contribution is -2.49. The Kier molecular flexibility index (Phi) is 4.79. The summed E-state index contributed by atoms with van der Waals surface area (Å²) >= 11 is 0. The maximum absolute atomic E-state index is 12.4. The van der Waals surface area contributed by atoms with Crippen LogP contribution in [0.1, 0.15) is 43.9 Å². The smallest absolute Gasteiger partial charge is 0.234 e. The molecular weight excluding hydrogens is 276 g/mol. The van der Waals surface area contributed by atoms with Gasteiger partial charge in [0.25, 0.3) is 0 Å². The Labute approximate surface area is 132 Å². The fourth-order valence-electron chi connectivity index (χ4n) is 3.76. The Balaban J connectivity index is 1.58. The number of ether oxygens (including phenoxy) is 1. The minimum atomic E-state index is 0.128. The van der Waals surface area contributed by atoms with Gasteiger partial charge in [-0.3, -0.25) is 9.69 Å². The Bertz CT molecular complexity index is 522. The van der Waals surface area contributed by atoms with Crippen molar-refractivity contribution < 1.29 is 9.53 Å². The first-order valence-corrected chi connectivity index (χ1v) is 8.37. The molecule has 1 aromatic carbocycles. The molecule has 1 amide bonds. The number of morpholine rings is 1. The lowest BCUT2D eigenvalue weighted by molar-refractivity contribution is -0.126. The van der Waals surface area contributed by atoms with Gasteiger partial charge in [0, 0.05) is 13.1 Å². The normalized spacial score (nSPS) is 28.9. The molecule has 1 aliphatic carbocycles. The van der Waals surface area contributed by atoms with Gasteiger partial charge in [-0.15, -0.1) is 0 Å². The average molecular weight is 302 g/mol. The van der Waals surface area contributed by atoms with Crippen molar-refractivity contribution in [1.29, 1.82) is 0 Å². The highest BCUT2D eigenvalue weighted by molar-refractivity contribution is 5.78. The average Bonchev–Trinajstić information content (AvgIpc) is 2.46. The standard InChI is InChI=1S/C18H26N2O2/c1-13-10-20(11-14(2)22-13)12-18(21)19-17-9-5-7-15-6-3-4-8-16(15)17/h3-4,6,8,13-14,17H,5,7,9-12H2,1-2H3,(H,19,21)/t13-,14-,17+/m0/s1. The van der Waals surface area contributed by atoms with E-state index in [1.54, 1.807) is 0 Å². The largest absolute Gasteiger partial charge is 0.373 e. The number of hydrogen-bond donors (Lipinski definition) is 1. The minimum Gasteiger partial charge on any atom is -0.373 e. The number of fused-ring (bicyclic) bond motifs is 1.